The van der Waals surface area contributed by atoms with Crippen molar-refractivity contribution in [3.63, 3.8) is 0 Å². The van der Waals surface area contributed by atoms with E-state index in [1.165, 1.54) is 18.2 Å². The molecule has 3 atom stereocenters. The Morgan fingerprint density at radius 3 is 2.74 bits per heavy atom. The molecule has 1 amide bonds. The smallest absolute Gasteiger partial charge is 0.323 e. The molecule has 8 nitrogen and oxygen atoms in total. The zero-order valence-corrected chi connectivity index (χ0v) is 20.5. The minimum atomic E-state index is -0.281. The van der Waals surface area contributed by atoms with Gasteiger partial charge in [0.25, 0.3) is 0 Å². The lowest BCUT2D eigenvalue weighted by Crippen LogP contribution is -2.46. The van der Waals surface area contributed by atoms with Gasteiger partial charge in [-0.05, 0) is 56.0 Å². The van der Waals surface area contributed by atoms with Crippen LogP contribution in [-0.2, 0) is 27.4 Å². The predicted octanol–water partition coefficient (Wildman–Crippen LogP) is 2.46. The van der Waals surface area contributed by atoms with Crippen LogP contribution in [-0.4, -0.2) is 60.6 Å². The van der Waals surface area contributed by atoms with E-state index in [9.17, 15) is 9.59 Å². The molecule has 0 aliphatic carbocycles. The molecule has 2 N–H and O–H groups in total. The van der Waals surface area contributed by atoms with Gasteiger partial charge in [-0.25, -0.2) is 10.9 Å². The number of carbonyl (C=O) groups is 2. The zero-order chi connectivity index (χ0) is 24.4. The van der Waals surface area contributed by atoms with Crippen LogP contribution in [0.15, 0.2) is 42.5 Å². The van der Waals surface area contributed by atoms with Crippen molar-refractivity contribution in [1.29, 1.82) is 0 Å². The average Bonchev–Trinajstić information content (AvgIpc) is 3.49. The van der Waals surface area contributed by atoms with E-state index in [1.54, 1.807) is 0 Å². The van der Waals surface area contributed by atoms with Crippen LogP contribution in [0.2, 0.25) is 0 Å². The van der Waals surface area contributed by atoms with E-state index in [0.717, 1.165) is 36.3 Å². The van der Waals surface area contributed by atoms with Crippen molar-refractivity contribution >= 4 is 11.9 Å². The Balaban J connectivity index is 1.25. The zero-order valence-electron chi connectivity index (χ0n) is 20.5. The Labute approximate surface area is 206 Å². The second-order valence-electron chi connectivity index (χ2n) is 9.74. The first-order valence-electron chi connectivity index (χ1n) is 12.4. The summed E-state index contributed by atoms with van der Waals surface area (Å²) in [5.74, 6) is 0.739. The largest absolute Gasteiger partial charge is 0.491 e. The number of ether oxygens (including phenoxy) is 2. The van der Waals surface area contributed by atoms with Crippen molar-refractivity contribution in [2.24, 2.45) is 0 Å². The maximum atomic E-state index is 13.4. The maximum absolute atomic E-state index is 13.4. The molecular weight excluding hydrogens is 444 g/mol. The third kappa shape index (κ3) is 5.19. The van der Waals surface area contributed by atoms with Crippen molar-refractivity contribution in [3.8, 4) is 5.75 Å². The van der Waals surface area contributed by atoms with Crippen LogP contribution in [0.3, 0.4) is 0 Å². The first kappa shape index (κ1) is 23.8. The van der Waals surface area contributed by atoms with Gasteiger partial charge in [0.15, 0.2) is 0 Å². The number of likely N-dealkylation sites (tertiary alicyclic amines) is 1. The molecule has 0 saturated carbocycles. The van der Waals surface area contributed by atoms with Crippen molar-refractivity contribution in [1.82, 2.24) is 20.7 Å². The van der Waals surface area contributed by atoms with Crippen LogP contribution in [0.5, 0.6) is 5.75 Å². The Hall–Kier alpha value is -2.94. The summed E-state index contributed by atoms with van der Waals surface area (Å²) in [6.45, 7) is 5.15. The Morgan fingerprint density at radius 1 is 1.11 bits per heavy atom. The number of amides is 1. The van der Waals surface area contributed by atoms with Gasteiger partial charge in [-0.15, -0.1) is 0 Å². The van der Waals surface area contributed by atoms with Crippen molar-refractivity contribution < 1.29 is 19.1 Å². The number of methoxy groups -OCH3 is 1. The molecule has 3 aliphatic heterocycles. The minimum absolute atomic E-state index is 0.0827. The molecular formula is C27H34N4O4. The van der Waals surface area contributed by atoms with E-state index < -0.39 is 0 Å². The quantitative estimate of drug-likeness (QED) is 0.639. The molecule has 2 aromatic carbocycles. The first-order chi connectivity index (χ1) is 17.0. The van der Waals surface area contributed by atoms with Crippen molar-refractivity contribution in [2.75, 3.05) is 26.8 Å². The van der Waals surface area contributed by atoms with Gasteiger partial charge >= 0.3 is 5.97 Å². The lowest BCUT2D eigenvalue weighted by Gasteiger charge is -2.24. The van der Waals surface area contributed by atoms with Gasteiger partial charge in [0.05, 0.1) is 13.7 Å². The highest BCUT2D eigenvalue weighted by Gasteiger charge is 2.34. The lowest BCUT2D eigenvalue weighted by atomic mass is 10.0. The van der Waals surface area contributed by atoms with Gasteiger partial charge in [-0.2, -0.15) is 0 Å². The number of aryl methyl sites for hydroxylation is 1. The van der Waals surface area contributed by atoms with E-state index in [-0.39, 0.29) is 30.0 Å². The van der Waals surface area contributed by atoms with Gasteiger partial charge in [0.1, 0.15) is 24.4 Å². The van der Waals surface area contributed by atoms with Crippen molar-refractivity contribution in [2.45, 2.75) is 57.4 Å². The molecule has 2 saturated heterocycles. The number of esters is 1. The third-order valence-corrected chi connectivity index (χ3v) is 7.32. The molecule has 0 radical (unpaired) electrons. The lowest BCUT2D eigenvalue weighted by molar-refractivity contribution is -0.146. The van der Waals surface area contributed by atoms with Crippen LogP contribution in [0.4, 0.5) is 0 Å². The second-order valence-corrected chi connectivity index (χ2v) is 9.74. The molecule has 2 aromatic rings. The fourth-order valence-electron chi connectivity index (χ4n) is 5.34. The maximum Gasteiger partial charge on any atom is 0.323 e. The molecule has 8 heteroatoms. The molecule has 3 heterocycles. The fourth-order valence-corrected chi connectivity index (χ4v) is 5.34. The number of nitrogens with one attached hydrogen (secondary N) is 2. The van der Waals surface area contributed by atoms with Crippen LogP contribution in [0, 0.1) is 6.92 Å². The number of carbonyl (C=O) groups excluding carboxylic acids is 2. The summed E-state index contributed by atoms with van der Waals surface area (Å²) >= 11 is 0. The third-order valence-electron chi connectivity index (χ3n) is 7.32. The summed E-state index contributed by atoms with van der Waals surface area (Å²) in [6, 6.07) is 14.2. The molecule has 0 aromatic heterocycles. The van der Waals surface area contributed by atoms with Gasteiger partial charge in [-0.3, -0.25) is 14.5 Å². The van der Waals surface area contributed by atoms with Crippen LogP contribution in [0.25, 0.3) is 0 Å². The minimum Gasteiger partial charge on any atom is -0.491 e. The van der Waals surface area contributed by atoms with Gasteiger partial charge in [0.2, 0.25) is 5.91 Å². The molecule has 186 valence electrons. The molecule has 5 rings (SSSR count). The number of hydrazine groups is 1. The van der Waals surface area contributed by atoms with Crippen molar-refractivity contribution in [3.05, 3.63) is 64.7 Å². The number of benzene rings is 2. The normalized spacial score (nSPS) is 24.5. The number of fused-ring (bicyclic) bond motifs is 1. The number of nitrogens with zero attached hydrogens (tertiary/aromatic N) is 2. The summed E-state index contributed by atoms with van der Waals surface area (Å²) in [5, 5.41) is 0. The topological polar surface area (TPSA) is 83.1 Å². The molecule has 2 fully saturated rings. The van der Waals surface area contributed by atoms with E-state index >= 15 is 0 Å². The van der Waals surface area contributed by atoms with E-state index in [0.29, 0.717) is 32.7 Å². The molecule has 0 bridgehead atoms. The highest BCUT2D eigenvalue weighted by molar-refractivity contribution is 5.82. The number of hydrogen-bond donors (Lipinski definition) is 2. The van der Waals surface area contributed by atoms with E-state index in [4.69, 9.17) is 9.47 Å². The average molecular weight is 479 g/mol. The summed E-state index contributed by atoms with van der Waals surface area (Å²) in [7, 11) is 1.45. The van der Waals surface area contributed by atoms with Gasteiger partial charge in [-0.1, -0.05) is 35.9 Å². The van der Waals surface area contributed by atoms with E-state index in [2.05, 4.69) is 59.1 Å². The summed E-state index contributed by atoms with van der Waals surface area (Å²) < 4.78 is 11.0. The molecule has 35 heavy (non-hydrogen) atoms. The SMILES string of the molecule is COC(=O)[C@@H]1CCCN1Cc1ccc2c(c1)CN(C(=O)C1CC(c3ccc(C)cc3)NN1)CCO2. The first-order valence-corrected chi connectivity index (χ1v) is 12.4. The standard InChI is InChI=1S/C27H34N4O4/c1-18-5-8-20(9-6-18)22-15-23(29-28-22)26(32)31-12-13-35-25-10-7-19(14-21(25)17-31)16-30-11-3-4-24(30)27(33)34-2/h5-10,14,22-24,28-29H,3-4,11-13,15-17H2,1-2H3/t22?,23?,24-/m0/s1. The summed E-state index contributed by atoms with van der Waals surface area (Å²) in [5.41, 5.74) is 11.0. The summed E-state index contributed by atoms with van der Waals surface area (Å²) in [6.07, 6.45) is 2.52. The number of hydrogen-bond acceptors (Lipinski definition) is 7. The Morgan fingerprint density at radius 2 is 1.94 bits per heavy atom. The monoisotopic (exact) mass is 478 g/mol. The van der Waals surface area contributed by atoms with Crippen LogP contribution in [0.1, 0.15) is 47.6 Å². The van der Waals surface area contributed by atoms with Crippen LogP contribution < -0.4 is 15.6 Å². The Kier molecular flexibility index (Phi) is 7.04. The van der Waals surface area contributed by atoms with Gasteiger partial charge in [0, 0.05) is 24.7 Å². The second kappa shape index (κ2) is 10.4. The van der Waals surface area contributed by atoms with E-state index in [1.807, 2.05) is 11.0 Å². The van der Waals surface area contributed by atoms with Gasteiger partial charge < -0.3 is 14.4 Å². The molecule has 3 aliphatic rings. The highest BCUT2D eigenvalue weighted by Crippen LogP contribution is 2.29. The molecule has 0 spiro atoms. The number of rotatable bonds is 5. The molecule has 2 unspecified atom stereocenters. The fraction of sp³-hybridized carbons (Fsp3) is 0.481. The predicted molar refractivity (Wildman–Crippen MR) is 131 cm³/mol. The van der Waals surface area contributed by atoms with Crippen LogP contribution >= 0.6 is 0 Å². The summed E-state index contributed by atoms with van der Waals surface area (Å²) in [4.78, 5) is 29.6. The Bertz CT molecular complexity index is 1070. The highest BCUT2D eigenvalue weighted by atomic mass is 16.5.